The number of carbonyl (C=O) groups is 2. The Bertz CT molecular complexity index is 1490. The van der Waals surface area contributed by atoms with Gasteiger partial charge in [-0.3, -0.25) is 9.59 Å². The van der Waals surface area contributed by atoms with Crippen LogP contribution in [-0.4, -0.2) is 39.3 Å². The van der Waals surface area contributed by atoms with Crippen molar-refractivity contribution in [2.45, 2.75) is 70.4 Å². The molecule has 4 saturated carbocycles. The highest BCUT2D eigenvalue weighted by molar-refractivity contribution is 9.10. The van der Waals surface area contributed by atoms with E-state index >= 15 is 0 Å². The first kappa shape index (κ1) is 26.0. The molecule has 0 spiro atoms. The minimum atomic E-state index is -0.876. The molecule has 1 heterocycles. The van der Waals surface area contributed by atoms with Crippen LogP contribution in [0, 0.1) is 18.3 Å². The number of carboxylic acids is 1. The van der Waals surface area contributed by atoms with Gasteiger partial charge in [0, 0.05) is 21.3 Å². The highest BCUT2D eigenvalue weighted by Gasteiger charge is 2.61. The average Bonchev–Trinajstić information content (AvgIpc) is 2.89. The number of hydrogen-bond acceptors (Lipinski definition) is 5. The van der Waals surface area contributed by atoms with Gasteiger partial charge in [0.1, 0.15) is 6.10 Å². The number of halogens is 1. The number of nitrogens with one attached hydrogen (secondary N) is 1. The lowest BCUT2D eigenvalue weighted by Gasteiger charge is -2.55. The minimum absolute atomic E-state index is 0.0656. The topological polar surface area (TPSA) is 101 Å². The van der Waals surface area contributed by atoms with Gasteiger partial charge in [-0.1, -0.05) is 58.3 Å². The van der Waals surface area contributed by atoms with Gasteiger partial charge < -0.3 is 15.3 Å². The van der Waals surface area contributed by atoms with Crippen molar-refractivity contribution in [1.29, 1.82) is 0 Å². The maximum atomic E-state index is 14.3. The van der Waals surface area contributed by atoms with E-state index in [9.17, 15) is 14.7 Å². The lowest BCUT2D eigenvalue weighted by molar-refractivity contribution is -0.155. The molecule has 0 radical (unpaired) electrons. The summed E-state index contributed by atoms with van der Waals surface area (Å²) >= 11 is 3.57. The van der Waals surface area contributed by atoms with Crippen molar-refractivity contribution in [3.63, 3.8) is 0 Å². The highest BCUT2D eigenvalue weighted by Crippen LogP contribution is 2.54. The third-order valence-corrected chi connectivity index (χ3v) is 9.81. The van der Waals surface area contributed by atoms with Crippen LogP contribution in [0.25, 0.3) is 22.2 Å². The number of benzene rings is 2. The number of hydrogen-bond donors (Lipinski definition) is 2. The van der Waals surface area contributed by atoms with Crippen LogP contribution < -0.4 is 5.32 Å². The Hall–Kier alpha value is -3.26. The van der Waals surface area contributed by atoms with Crippen molar-refractivity contribution >= 4 is 44.4 Å². The predicted molar refractivity (Wildman–Crippen MR) is 154 cm³/mol. The van der Waals surface area contributed by atoms with Crippen LogP contribution in [-0.2, 0) is 9.63 Å². The van der Waals surface area contributed by atoms with Gasteiger partial charge in [0.25, 0.3) is 5.91 Å². The van der Waals surface area contributed by atoms with Crippen molar-refractivity contribution in [2.75, 3.05) is 0 Å². The molecule has 0 aliphatic heterocycles. The first-order valence-corrected chi connectivity index (χ1v) is 14.5. The fourth-order valence-electron chi connectivity index (χ4n) is 6.63. The second-order valence-electron chi connectivity index (χ2n) is 11.3. The Morgan fingerprint density at radius 1 is 1.10 bits per heavy atom. The molecular weight excluding hydrogens is 558 g/mol. The number of pyridine rings is 1. The van der Waals surface area contributed by atoms with E-state index in [0.29, 0.717) is 37.0 Å². The van der Waals surface area contributed by atoms with Gasteiger partial charge in [-0.25, -0.2) is 4.98 Å². The van der Waals surface area contributed by atoms with Crippen LogP contribution in [0.3, 0.4) is 0 Å². The SMILES string of the molecule is Cc1c(-c2ccccc2)nc2ccc(Br)cc2c1C(=O)NC12CCC(C(=O)O)(CC1)[C@@H](C)/C2=N\OC1CCC1. The molecule has 1 amide bonds. The van der Waals surface area contributed by atoms with Crippen molar-refractivity contribution in [1.82, 2.24) is 10.3 Å². The number of carbonyl (C=O) groups excluding carboxylic acids is 1. The molecule has 2 bridgehead atoms. The quantitative estimate of drug-likeness (QED) is 0.313. The zero-order valence-corrected chi connectivity index (χ0v) is 23.8. The zero-order chi connectivity index (χ0) is 27.4. The summed E-state index contributed by atoms with van der Waals surface area (Å²) in [5, 5.41) is 18.9. The monoisotopic (exact) mass is 589 g/mol. The summed E-state index contributed by atoms with van der Waals surface area (Å²) in [5.41, 5.74) is 2.84. The molecule has 1 aromatic heterocycles. The van der Waals surface area contributed by atoms with Crippen molar-refractivity contribution in [2.24, 2.45) is 16.5 Å². The Balaban J connectivity index is 1.44. The van der Waals surface area contributed by atoms with Crippen molar-refractivity contribution in [3.8, 4) is 11.3 Å². The Labute approximate surface area is 236 Å². The third-order valence-electron chi connectivity index (χ3n) is 9.32. The van der Waals surface area contributed by atoms with Gasteiger partial charge in [-0.2, -0.15) is 0 Å². The number of nitrogens with zero attached hydrogens (tertiary/aromatic N) is 2. The molecule has 0 unspecified atom stereocenters. The molecule has 39 heavy (non-hydrogen) atoms. The van der Waals surface area contributed by atoms with Crippen LogP contribution in [0.2, 0.25) is 0 Å². The molecule has 0 saturated heterocycles. The number of carboxylic acid groups (broad SMARTS) is 1. The van der Waals surface area contributed by atoms with E-state index in [2.05, 4.69) is 26.4 Å². The number of aromatic nitrogens is 1. The van der Waals surface area contributed by atoms with E-state index < -0.39 is 16.9 Å². The summed E-state index contributed by atoms with van der Waals surface area (Å²) < 4.78 is 0.863. The standard InChI is InChI=1S/C31H32BrN3O4/c1-18-25(23-17-21(32)11-12-24(23)33-26(18)20-7-4-3-5-8-20)28(36)34-31-15-13-30(14-16-31,29(37)38)19(2)27(31)35-39-22-9-6-10-22/h3-5,7-8,11-12,17,19,22H,6,9-10,13-16H2,1-2H3,(H,34,36)(H,37,38)/b35-27+/t19-,30?,31?/m0/s1. The van der Waals surface area contributed by atoms with Crippen LogP contribution >= 0.6 is 15.9 Å². The summed E-state index contributed by atoms with van der Waals surface area (Å²) in [6.45, 7) is 3.87. The molecular formula is C31H32BrN3O4. The fraction of sp³-hybridized carbons (Fsp3) is 0.419. The highest BCUT2D eigenvalue weighted by atomic mass is 79.9. The van der Waals surface area contributed by atoms with Crippen LogP contribution in [0.5, 0.6) is 0 Å². The summed E-state index contributed by atoms with van der Waals surface area (Å²) in [6.07, 6.45) is 5.09. The predicted octanol–water partition coefficient (Wildman–Crippen LogP) is 6.66. The van der Waals surface area contributed by atoms with E-state index in [1.54, 1.807) is 0 Å². The Morgan fingerprint density at radius 3 is 2.46 bits per heavy atom. The summed E-state index contributed by atoms with van der Waals surface area (Å²) in [6, 6.07) is 15.7. The van der Waals surface area contributed by atoms with Gasteiger partial charge in [-0.05, 0) is 75.6 Å². The van der Waals surface area contributed by atoms with E-state index in [-0.39, 0.29) is 17.9 Å². The molecule has 1 atom stereocenters. The Morgan fingerprint density at radius 2 is 1.82 bits per heavy atom. The van der Waals surface area contributed by atoms with E-state index in [1.807, 2.05) is 62.4 Å². The maximum Gasteiger partial charge on any atom is 0.310 e. The maximum absolute atomic E-state index is 14.3. The zero-order valence-electron chi connectivity index (χ0n) is 22.2. The average molecular weight is 591 g/mol. The largest absolute Gasteiger partial charge is 0.481 e. The van der Waals surface area contributed by atoms with Crippen molar-refractivity contribution in [3.05, 3.63) is 64.1 Å². The molecule has 4 aliphatic rings. The number of oxime groups is 1. The van der Waals surface area contributed by atoms with Gasteiger partial charge >= 0.3 is 5.97 Å². The van der Waals surface area contributed by atoms with Crippen molar-refractivity contribution < 1.29 is 19.5 Å². The molecule has 4 fully saturated rings. The molecule has 202 valence electrons. The lowest BCUT2D eigenvalue weighted by atomic mass is 9.51. The number of aliphatic carboxylic acids is 1. The normalized spacial score (nSPS) is 27.4. The summed E-state index contributed by atoms with van der Waals surface area (Å²) in [5.74, 6) is -1.34. The summed E-state index contributed by atoms with van der Waals surface area (Å²) in [4.78, 5) is 37.6. The van der Waals surface area contributed by atoms with Gasteiger partial charge in [0.2, 0.25) is 0 Å². The molecule has 7 rings (SSSR count). The molecule has 2 aromatic carbocycles. The molecule has 3 aromatic rings. The smallest absolute Gasteiger partial charge is 0.310 e. The fourth-order valence-corrected chi connectivity index (χ4v) is 6.99. The number of rotatable bonds is 6. The first-order chi connectivity index (χ1) is 18.7. The molecule has 8 heteroatoms. The summed E-state index contributed by atoms with van der Waals surface area (Å²) in [7, 11) is 0. The van der Waals surface area contributed by atoms with Gasteiger partial charge in [0.05, 0.1) is 33.4 Å². The minimum Gasteiger partial charge on any atom is -0.481 e. The Kier molecular flexibility index (Phi) is 6.49. The molecule has 2 N–H and O–H groups in total. The van der Waals surface area contributed by atoms with Crippen LogP contribution in [0.1, 0.15) is 67.8 Å². The van der Waals surface area contributed by atoms with Gasteiger partial charge in [0.15, 0.2) is 0 Å². The van der Waals surface area contributed by atoms with E-state index in [0.717, 1.165) is 51.5 Å². The van der Waals surface area contributed by atoms with Crippen LogP contribution in [0.4, 0.5) is 0 Å². The lowest BCUT2D eigenvalue weighted by Crippen LogP contribution is -2.67. The number of fused-ring (bicyclic) bond motifs is 4. The molecule has 4 aliphatic carbocycles. The van der Waals surface area contributed by atoms with E-state index in [1.165, 1.54) is 0 Å². The van der Waals surface area contributed by atoms with E-state index in [4.69, 9.17) is 9.82 Å². The second-order valence-corrected chi connectivity index (χ2v) is 12.3. The van der Waals surface area contributed by atoms with Crippen LogP contribution in [0.15, 0.2) is 58.2 Å². The number of amides is 1. The first-order valence-electron chi connectivity index (χ1n) is 13.7. The third kappa shape index (κ3) is 4.24. The second kappa shape index (κ2) is 9.73. The molecule has 7 nitrogen and oxygen atoms in total. The van der Waals surface area contributed by atoms with Gasteiger partial charge in [-0.15, -0.1) is 0 Å².